The van der Waals surface area contributed by atoms with Crippen LogP contribution in [-0.2, 0) is 11.2 Å². The van der Waals surface area contributed by atoms with E-state index in [1.807, 2.05) is 23.1 Å². The van der Waals surface area contributed by atoms with E-state index < -0.39 is 0 Å². The van der Waals surface area contributed by atoms with Gasteiger partial charge in [0.15, 0.2) is 0 Å². The normalized spacial score (nSPS) is 20.7. The molecule has 1 saturated heterocycles. The van der Waals surface area contributed by atoms with Crippen molar-refractivity contribution in [3.8, 4) is 0 Å². The average Bonchev–Trinajstić information content (AvgIpc) is 2.40. The lowest BCUT2D eigenvalue weighted by atomic mass is 9.91. The average molecular weight is 274 g/mol. The lowest BCUT2D eigenvalue weighted by Gasteiger charge is -2.49. The van der Waals surface area contributed by atoms with E-state index in [0.717, 1.165) is 19.5 Å². The van der Waals surface area contributed by atoms with E-state index in [-0.39, 0.29) is 17.0 Å². The molecule has 1 aliphatic heterocycles. The van der Waals surface area contributed by atoms with Gasteiger partial charge < -0.3 is 10.2 Å². The van der Waals surface area contributed by atoms with Gasteiger partial charge in [0, 0.05) is 30.6 Å². The zero-order valence-electron chi connectivity index (χ0n) is 13.1. The third kappa shape index (κ3) is 3.60. The maximum atomic E-state index is 12.6. The molecule has 0 atom stereocenters. The quantitative estimate of drug-likeness (QED) is 0.919. The molecule has 0 unspecified atom stereocenters. The fourth-order valence-corrected chi connectivity index (χ4v) is 2.67. The zero-order valence-corrected chi connectivity index (χ0v) is 13.1. The second kappa shape index (κ2) is 5.57. The highest BCUT2D eigenvalue weighted by molar-refractivity contribution is 5.77. The summed E-state index contributed by atoms with van der Waals surface area (Å²) in [6, 6.07) is 10.2. The summed E-state index contributed by atoms with van der Waals surface area (Å²) in [4.78, 5) is 14.6. The first-order valence-electron chi connectivity index (χ1n) is 7.40. The number of benzene rings is 1. The first kappa shape index (κ1) is 15.0. The molecule has 20 heavy (non-hydrogen) atoms. The smallest absolute Gasteiger partial charge is 0.223 e. The molecule has 1 fully saturated rings. The monoisotopic (exact) mass is 274 g/mol. The van der Waals surface area contributed by atoms with Crippen LogP contribution in [-0.4, -0.2) is 35.0 Å². The molecule has 0 bridgehead atoms. The Morgan fingerprint density at radius 3 is 2.50 bits per heavy atom. The van der Waals surface area contributed by atoms with Crippen LogP contribution in [0.5, 0.6) is 0 Å². The number of carbonyl (C=O) groups excluding carboxylic acids is 1. The predicted molar refractivity (Wildman–Crippen MR) is 82.6 cm³/mol. The van der Waals surface area contributed by atoms with Gasteiger partial charge in [-0.05, 0) is 39.7 Å². The van der Waals surface area contributed by atoms with Crippen molar-refractivity contribution in [2.45, 2.75) is 51.6 Å². The van der Waals surface area contributed by atoms with Crippen LogP contribution in [0.15, 0.2) is 30.3 Å². The van der Waals surface area contributed by atoms with Gasteiger partial charge in [-0.3, -0.25) is 4.79 Å². The number of rotatable bonds is 3. The van der Waals surface area contributed by atoms with Gasteiger partial charge in [0.25, 0.3) is 0 Å². The molecular weight excluding hydrogens is 248 g/mol. The molecule has 0 aliphatic carbocycles. The number of carbonyl (C=O) groups is 1. The van der Waals surface area contributed by atoms with Crippen LogP contribution >= 0.6 is 0 Å². The van der Waals surface area contributed by atoms with Gasteiger partial charge in [-0.1, -0.05) is 30.3 Å². The van der Waals surface area contributed by atoms with Crippen molar-refractivity contribution in [1.82, 2.24) is 10.2 Å². The van der Waals surface area contributed by atoms with Gasteiger partial charge in [-0.25, -0.2) is 0 Å². The fourth-order valence-electron chi connectivity index (χ4n) is 2.67. The Morgan fingerprint density at radius 2 is 1.85 bits per heavy atom. The number of piperazine rings is 1. The SMILES string of the molecule is CC1(C)CN(C(=O)CCc2ccccc2)C(C)(C)CN1. The summed E-state index contributed by atoms with van der Waals surface area (Å²) in [5.74, 6) is 0.258. The van der Waals surface area contributed by atoms with E-state index in [9.17, 15) is 4.79 Å². The molecule has 0 saturated carbocycles. The summed E-state index contributed by atoms with van der Waals surface area (Å²) in [5, 5.41) is 3.51. The Bertz CT molecular complexity index is 465. The molecule has 1 aromatic carbocycles. The third-order valence-electron chi connectivity index (χ3n) is 4.06. The summed E-state index contributed by atoms with van der Waals surface area (Å²) in [6.07, 6.45) is 1.41. The molecule has 1 amide bonds. The Morgan fingerprint density at radius 1 is 1.20 bits per heavy atom. The van der Waals surface area contributed by atoms with Gasteiger partial charge in [0.2, 0.25) is 5.91 Å². The second-order valence-electron chi connectivity index (χ2n) is 7.02. The van der Waals surface area contributed by atoms with Crippen LogP contribution in [0.3, 0.4) is 0 Å². The Labute approximate surface area is 122 Å². The molecule has 1 aromatic rings. The summed E-state index contributed by atoms with van der Waals surface area (Å²) < 4.78 is 0. The number of nitrogens with one attached hydrogen (secondary N) is 1. The first-order chi connectivity index (χ1) is 9.30. The topological polar surface area (TPSA) is 32.3 Å². The van der Waals surface area contributed by atoms with Crippen LogP contribution in [0.4, 0.5) is 0 Å². The molecule has 0 aromatic heterocycles. The van der Waals surface area contributed by atoms with Gasteiger partial charge in [0.05, 0.1) is 0 Å². The highest BCUT2D eigenvalue weighted by atomic mass is 16.2. The van der Waals surface area contributed by atoms with E-state index in [0.29, 0.717) is 6.42 Å². The molecule has 0 radical (unpaired) electrons. The number of aryl methyl sites for hydroxylation is 1. The molecular formula is C17H26N2O. The number of hydrogen-bond acceptors (Lipinski definition) is 2. The highest BCUT2D eigenvalue weighted by Crippen LogP contribution is 2.24. The lowest BCUT2D eigenvalue weighted by Crippen LogP contribution is -2.67. The standard InChI is InChI=1S/C17H26N2O/c1-16(2)13-19(17(3,4)12-18-16)15(20)11-10-14-8-6-5-7-9-14/h5-9,18H,10-13H2,1-4H3. The molecule has 1 aliphatic rings. The van der Waals surface area contributed by atoms with Crippen LogP contribution in [0.2, 0.25) is 0 Å². The number of amides is 1. The van der Waals surface area contributed by atoms with Crippen molar-refractivity contribution >= 4 is 5.91 Å². The summed E-state index contributed by atoms with van der Waals surface area (Å²) in [5.41, 5.74) is 1.12. The van der Waals surface area contributed by atoms with Crippen molar-refractivity contribution in [2.75, 3.05) is 13.1 Å². The second-order valence-corrected chi connectivity index (χ2v) is 7.02. The largest absolute Gasteiger partial charge is 0.334 e. The fraction of sp³-hybridized carbons (Fsp3) is 0.588. The molecule has 1 heterocycles. The minimum absolute atomic E-state index is 0.00206. The Hall–Kier alpha value is -1.35. The highest BCUT2D eigenvalue weighted by Gasteiger charge is 2.39. The van der Waals surface area contributed by atoms with E-state index >= 15 is 0 Å². The Balaban J connectivity index is 2.00. The van der Waals surface area contributed by atoms with Gasteiger partial charge in [0.1, 0.15) is 0 Å². The lowest BCUT2D eigenvalue weighted by molar-refractivity contribution is -0.140. The predicted octanol–water partition coefficient (Wildman–Crippen LogP) is 2.61. The van der Waals surface area contributed by atoms with Crippen LogP contribution < -0.4 is 5.32 Å². The molecule has 110 valence electrons. The van der Waals surface area contributed by atoms with E-state index in [2.05, 4.69) is 45.1 Å². The summed E-state index contributed by atoms with van der Waals surface area (Å²) in [6.45, 7) is 10.2. The molecule has 3 heteroatoms. The number of nitrogens with zero attached hydrogens (tertiary/aromatic N) is 1. The number of hydrogen-bond donors (Lipinski definition) is 1. The van der Waals surface area contributed by atoms with E-state index in [1.54, 1.807) is 0 Å². The van der Waals surface area contributed by atoms with Crippen molar-refractivity contribution in [3.05, 3.63) is 35.9 Å². The molecule has 0 spiro atoms. The van der Waals surface area contributed by atoms with Crippen LogP contribution in [0.1, 0.15) is 39.7 Å². The molecule has 1 N–H and O–H groups in total. The van der Waals surface area contributed by atoms with E-state index in [1.165, 1.54) is 5.56 Å². The first-order valence-corrected chi connectivity index (χ1v) is 7.40. The van der Waals surface area contributed by atoms with Crippen molar-refractivity contribution in [2.24, 2.45) is 0 Å². The van der Waals surface area contributed by atoms with Crippen LogP contribution in [0, 0.1) is 0 Å². The van der Waals surface area contributed by atoms with E-state index in [4.69, 9.17) is 0 Å². The van der Waals surface area contributed by atoms with Gasteiger partial charge in [-0.2, -0.15) is 0 Å². The zero-order chi connectivity index (χ0) is 14.8. The van der Waals surface area contributed by atoms with Crippen molar-refractivity contribution < 1.29 is 4.79 Å². The minimum Gasteiger partial charge on any atom is -0.334 e. The molecule has 2 rings (SSSR count). The van der Waals surface area contributed by atoms with Gasteiger partial charge in [-0.15, -0.1) is 0 Å². The Kier molecular flexibility index (Phi) is 4.19. The third-order valence-corrected chi connectivity index (χ3v) is 4.06. The maximum Gasteiger partial charge on any atom is 0.223 e. The summed E-state index contributed by atoms with van der Waals surface area (Å²) in [7, 11) is 0. The maximum absolute atomic E-state index is 12.6. The van der Waals surface area contributed by atoms with Crippen molar-refractivity contribution in [1.29, 1.82) is 0 Å². The molecule has 3 nitrogen and oxygen atoms in total. The van der Waals surface area contributed by atoms with Crippen molar-refractivity contribution in [3.63, 3.8) is 0 Å². The van der Waals surface area contributed by atoms with Crippen LogP contribution in [0.25, 0.3) is 0 Å². The van der Waals surface area contributed by atoms with Gasteiger partial charge >= 0.3 is 0 Å². The minimum atomic E-state index is -0.108. The summed E-state index contributed by atoms with van der Waals surface area (Å²) >= 11 is 0.